The molecule has 2 heterocycles. The SMILES string of the molecule is CCS(=O)(=O)c1cn(-c2ccc(F)cc2)nc1-c1ccc(OCC(F)(F)C(F)(F)F)cn1. The van der Waals surface area contributed by atoms with Crippen molar-refractivity contribution in [3.05, 3.63) is 54.6 Å². The van der Waals surface area contributed by atoms with E-state index in [1.54, 1.807) is 0 Å². The molecule has 0 aliphatic rings. The van der Waals surface area contributed by atoms with Crippen LogP contribution in [-0.4, -0.2) is 47.6 Å². The average molecular weight is 479 g/mol. The molecule has 3 aromatic rings. The molecular weight excluding hydrogens is 464 g/mol. The molecule has 0 fully saturated rings. The van der Waals surface area contributed by atoms with E-state index in [-0.39, 0.29) is 27.8 Å². The maximum atomic E-state index is 13.2. The quantitative estimate of drug-likeness (QED) is 0.469. The number of nitrogens with zero attached hydrogens (tertiary/aromatic N) is 3. The van der Waals surface area contributed by atoms with E-state index in [1.165, 1.54) is 36.0 Å². The van der Waals surface area contributed by atoms with Crippen molar-refractivity contribution in [3.8, 4) is 22.8 Å². The molecule has 0 aliphatic heterocycles. The fourth-order valence-corrected chi connectivity index (χ4v) is 3.52. The first-order chi connectivity index (χ1) is 14.8. The molecule has 2 aromatic heterocycles. The van der Waals surface area contributed by atoms with Crippen molar-refractivity contribution >= 4 is 9.84 Å². The van der Waals surface area contributed by atoms with Gasteiger partial charge in [-0.15, -0.1) is 0 Å². The highest BCUT2D eigenvalue weighted by Crippen LogP contribution is 2.36. The molecule has 0 unspecified atom stereocenters. The van der Waals surface area contributed by atoms with Gasteiger partial charge in [0.2, 0.25) is 0 Å². The zero-order valence-corrected chi connectivity index (χ0v) is 17.1. The third-order valence-corrected chi connectivity index (χ3v) is 6.03. The van der Waals surface area contributed by atoms with Crippen LogP contribution in [-0.2, 0) is 9.84 Å². The van der Waals surface area contributed by atoms with Gasteiger partial charge in [0.25, 0.3) is 0 Å². The standard InChI is InChI=1S/C19H15F6N3O3S/c1-2-32(29,30)16-10-28(13-5-3-12(20)4-6-13)27-17(16)15-8-7-14(9-26-15)31-11-18(21,22)19(23,24)25/h3-10H,2,11H2,1H3. The number of sulfone groups is 1. The summed E-state index contributed by atoms with van der Waals surface area (Å²) >= 11 is 0. The fourth-order valence-electron chi connectivity index (χ4n) is 2.51. The van der Waals surface area contributed by atoms with E-state index in [2.05, 4.69) is 14.8 Å². The van der Waals surface area contributed by atoms with Gasteiger partial charge in [0.05, 0.1) is 29.5 Å². The summed E-state index contributed by atoms with van der Waals surface area (Å²) in [5.74, 6) is -6.20. The van der Waals surface area contributed by atoms with Gasteiger partial charge in [0.1, 0.15) is 22.2 Å². The Bertz CT molecular complexity index is 1190. The van der Waals surface area contributed by atoms with E-state index in [9.17, 15) is 34.8 Å². The van der Waals surface area contributed by atoms with Crippen LogP contribution in [0.2, 0.25) is 0 Å². The Morgan fingerprint density at radius 2 is 1.69 bits per heavy atom. The van der Waals surface area contributed by atoms with Crippen LogP contribution in [0.3, 0.4) is 0 Å². The lowest BCUT2D eigenvalue weighted by molar-refractivity contribution is -0.290. The van der Waals surface area contributed by atoms with Crippen LogP contribution in [0.15, 0.2) is 53.7 Å². The lowest BCUT2D eigenvalue weighted by Crippen LogP contribution is -2.41. The second-order valence-electron chi connectivity index (χ2n) is 6.54. The molecule has 0 N–H and O–H groups in total. The Kier molecular flexibility index (Phi) is 6.22. The molecule has 32 heavy (non-hydrogen) atoms. The van der Waals surface area contributed by atoms with Gasteiger partial charge >= 0.3 is 12.1 Å². The minimum atomic E-state index is -5.77. The molecule has 0 spiro atoms. The van der Waals surface area contributed by atoms with E-state index in [0.717, 1.165) is 24.4 Å². The largest absolute Gasteiger partial charge is 0.485 e. The van der Waals surface area contributed by atoms with Crippen molar-refractivity contribution in [1.29, 1.82) is 0 Å². The highest BCUT2D eigenvalue weighted by molar-refractivity contribution is 7.91. The third kappa shape index (κ3) is 4.87. The second-order valence-corrected chi connectivity index (χ2v) is 8.78. The predicted molar refractivity (Wildman–Crippen MR) is 101 cm³/mol. The van der Waals surface area contributed by atoms with Crippen molar-refractivity contribution < 1.29 is 39.5 Å². The van der Waals surface area contributed by atoms with Gasteiger partial charge in [-0.05, 0) is 36.4 Å². The zero-order chi connectivity index (χ0) is 23.7. The van der Waals surface area contributed by atoms with Crippen LogP contribution < -0.4 is 4.74 Å². The number of pyridine rings is 1. The minimum Gasteiger partial charge on any atom is -0.485 e. The number of ether oxygens (including phenoxy) is 1. The molecule has 0 saturated carbocycles. The average Bonchev–Trinajstić information content (AvgIpc) is 3.19. The van der Waals surface area contributed by atoms with Crippen molar-refractivity contribution in [2.75, 3.05) is 12.4 Å². The maximum absolute atomic E-state index is 13.2. The first-order valence-corrected chi connectivity index (χ1v) is 10.6. The Labute approximate surface area is 178 Å². The van der Waals surface area contributed by atoms with Gasteiger partial charge < -0.3 is 4.74 Å². The zero-order valence-electron chi connectivity index (χ0n) is 16.3. The van der Waals surface area contributed by atoms with E-state index in [0.29, 0.717) is 5.69 Å². The lowest BCUT2D eigenvalue weighted by Gasteiger charge is -2.19. The van der Waals surface area contributed by atoms with Crippen molar-refractivity contribution in [3.63, 3.8) is 0 Å². The summed E-state index contributed by atoms with van der Waals surface area (Å²) in [4.78, 5) is 3.70. The van der Waals surface area contributed by atoms with Gasteiger partial charge in [-0.2, -0.15) is 27.1 Å². The van der Waals surface area contributed by atoms with E-state index in [4.69, 9.17) is 0 Å². The summed E-state index contributed by atoms with van der Waals surface area (Å²) < 4.78 is 107. The smallest absolute Gasteiger partial charge is 0.456 e. The topological polar surface area (TPSA) is 74.1 Å². The Morgan fingerprint density at radius 1 is 1.03 bits per heavy atom. The predicted octanol–water partition coefficient (Wildman–Crippen LogP) is 4.44. The fraction of sp³-hybridized carbons (Fsp3) is 0.263. The van der Waals surface area contributed by atoms with Gasteiger partial charge in [-0.3, -0.25) is 4.98 Å². The van der Waals surface area contributed by atoms with E-state index in [1.807, 2.05) is 0 Å². The first kappa shape index (κ1) is 23.6. The highest BCUT2D eigenvalue weighted by Gasteiger charge is 2.58. The summed E-state index contributed by atoms with van der Waals surface area (Å²) in [5.41, 5.74) is 0.288. The molecule has 13 heteroatoms. The molecular formula is C19H15F6N3O3S. The molecule has 0 bridgehead atoms. The summed E-state index contributed by atoms with van der Waals surface area (Å²) in [6.45, 7) is -0.522. The van der Waals surface area contributed by atoms with Crippen molar-refractivity contribution in [2.45, 2.75) is 23.9 Å². The molecule has 0 amide bonds. The molecule has 172 valence electrons. The number of benzene rings is 1. The van der Waals surface area contributed by atoms with Crippen molar-refractivity contribution in [2.24, 2.45) is 0 Å². The summed E-state index contributed by atoms with van der Waals surface area (Å²) in [5, 5.41) is 4.18. The number of aromatic nitrogens is 3. The number of alkyl halides is 5. The van der Waals surface area contributed by atoms with Gasteiger partial charge in [-0.25, -0.2) is 17.5 Å². The lowest BCUT2D eigenvalue weighted by atomic mass is 10.2. The molecule has 3 rings (SSSR count). The van der Waals surface area contributed by atoms with Crippen LogP contribution in [0.25, 0.3) is 17.1 Å². The Balaban J connectivity index is 1.93. The summed E-state index contributed by atoms with van der Waals surface area (Å²) in [7, 11) is -3.78. The normalized spacial score (nSPS) is 12.7. The first-order valence-electron chi connectivity index (χ1n) is 8.96. The highest BCUT2D eigenvalue weighted by atomic mass is 32.2. The van der Waals surface area contributed by atoms with Gasteiger partial charge in [-0.1, -0.05) is 6.92 Å². The number of hydrogen-bond donors (Lipinski definition) is 0. The third-order valence-electron chi connectivity index (χ3n) is 4.30. The Hall–Kier alpha value is -3.09. The van der Waals surface area contributed by atoms with E-state index >= 15 is 0 Å². The molecule has 6 nitrogen and oxygen atoms in total. The molecule has 0 radical (unpaired) electrons. The van der Waals surface area contributed by atoms with Gasteiger partial charge in [0.15, 0.2) is 16.4 Å². The molecule has 0 aliphatic carbocycles. The monoisotopic (exact) mass is 479 g/mol. The molecule has 0 saturated heterocycles. The molecule has 1 aromatic carbocycles. The summed E-state index contributed by atoms with van der Waals surface area (Å²) in [6, 6.07) is 7.30. The van der Waals surface area contributed by atoms with Crippen LogP contribution >= 0.6 is 0 Å². The number of rotatable bonds is 7. The number of halogens is 6. The van der Waals surface area contributed by atoms with Crippen LogP contribution in [0, 0.1) is 5.82 Å². The summed E-state index contributed by atoms with van der Waals surface area (Å²) in [6.07, 6.45) is -3.67. The maximum Gasteiger partial charge on any atom is 0.456 e. The Morgan fingerprint density at radius 3 is 2.22 bits per heavy atom. The van der Waals surface area contributed by atoms with Crippen LogP contribution in [0.5, 0.6) is 5.75 Å². The number of hydrogen-bond acceptors (Lipinski definition) is 5. The van der Waals surface area contributed by atoms with Crippen LogP contribution in [0.4, 0.5) is 26.3 Å². The second kappa shape index (κ2) is 8.45. The minimum absolute atomic E-state index is 0.00724. The van der Waals surface area contributed by atoms with Gasteiger partial charge in [0, 0.05) is 0 Å². The van der Waals surface area contributed by atoms with Crippen molar-refractivity contribution in [1.82, 2.24) is 14.8 Å². The van der Waals surface area contributed by atoms with E-state index < -0.39 is 34.4 Å². The van der Waals surface area contributed by atoms with Crippen LogP contribution in [0.1, 0.15) is 6.92 Å². The molecule has 0 atom stereocenters.